The number of anilines is 1. The highest BCUT2D eigenvalue weighted by molar-refractivity contribution is 5.98. The molecule has 0 bridgehead atoms. The minimum absolute atomic E-state index is 0.331. The normalized spacial score (nSPS) is 17.1. The number of aryl methyl sites for hydroxylation is 2. The van der Waals surface area contributed by atoms with E-state index in [2.05, 4.69) is 91.5 Å². The molecule has 1 aliphatic rings. The monoisotopic (exact) mass is 453 g/mol. The summed E-state index contributed by atoms with van der Waals surface area (Å²) in [4.78, 5) is 19.8. The van der Waals surface area contributed by atoms with E-state index in [1.165, 1.54) is 5.69 Å². The maximum absolute atomic E-state index is 13.3. The first kappa shape index (κ1) is 22.2. The van der Waals surface area contributed by atoms with Crippen LogP contribution in [0.2, 0.25) is 0 Å². The summed E-state index contributed by atoms with van der Waals surface area (Å²) in [6.07, 6.45) is 3.39. The van der Waals surface area contributed by atoms with Crippen LogP contribution in [0.3, 0.4) is 0 Å². The van der Waals surface area contributed by atoms with E-state index >= 15 is 0 Å². The van der Waals surface area contributed by atoms with Gasteiger partial charge in [0.2, 0.25) is 0 Å². The summed E-state index contributed by atoms with van der Waals surface area (Å²) in [7, 11) is 0. The largest absolute Gasteiger partial charge is 0.440 e. The summed E-state index contributed by atoms with van der Waals surface area (Å²) < 4.78 is 8.77. The maximum Gasteiger partial charge on any atom is 0.341 e. The van der Waals surface area contributed by atoms with Crippen LogP contribution in [-0.4, -0.2) is 28.6 Å². The van der Waals surface area contributed by atoms with Crippen molar-refractivity contribution in [2.75, 3.05) is 18.0 Å². The van der Waals surface area contributed by atoms with Gasteiger partial charge < -0.3 is 14.2 Å². The Kier molecular flexibility index (Phi) is 5.43. The van der Waals surface area contributed by atoms with Gasteiger partial charge in [-0.1, -0.05) is 24.3 Å². The lowest BCUT2D eigenvalue weighted by atomic mass is 9.77. The van der Waals surface area contributed by atoms with Gasteiger partial charge in [0, 0.05) is 71.0 Å². The summed E-state index contributed by atoms with van der Waals surface area (Å²) in [6.45, 7) is 13.4. The molecule has 174 valence electrons. The number of carbonyl (C=O) groups excluding carboxylic acids is 1. The highest BCUT2D eigenvalue weighted by atomic mass is 16.6. The first-order chi connectivity index (χ1) is 16.5. The van der Waals surface area contributed by atoms with E-state index in [4.69, 9.17) is 4.74 Å². The van der Waals surface area contributed by atoms with Crippen LogP contribution < -0.4 is 4.90 Å². The number of nitrogens with zero attached hydrogens (tertiary/aromatic N) is 3. The molecule has 2 aromatic carbocycles. The molecule has 1 aliphatic heterocycles. The Labute approximate surface area is 201 Å². The number of rotatable bonds is 6. The second-order valence-corrected chi connectivity index (χ2v) is 8.89. The molecule has 2 aromatic heterocycles. The van der Waals surface area contributed by atoms with Crippen molar-refractivity contribution in [3.8, 4) is 0 Å². The minimum Gasteiger partial charge on any atom is -0.440 e. The van der Waals surface area contributed by atoms with Gasteiger partial charge in [-0.3, -0.25) is 4.98 Å². The van der Waals surface area contributed by atoms with E-state index in [0.717, 1.165) is 58.5 Å². The molecule has 0 fully saturated rings. The van der Waals surface area contributed by atoms with E-state index in [1.807, 2.05) is 6.07 Å². The third kappa shape index (κ3) is 2.99. The van der Waals surface area contributed by atoms with Gasteiger partial charge in [0.05, 0.1) is 5.56 Å². The molecule has 5 rings (SSSR count). The SMILES string of the molecule is CCN(CC)c1ccc(C2(c3c(C)n(CC)c4ccccc34)OC(=O)c3cnccc32)c(C)c1. The number of fused-ring (bicyclic) bond motifs is 2. The highest BCUT2D eigenvalue weighted by Crippen LogP contribution is 2.51. The molecule has 1 atom stereocenters. The van der Waals surface area contributed by atoms with E-state index in [9.17, 15) is 4.79 Å². The Morgan fingerprint density at radius 2 is 1.76 bits per heavy atom. The Bertz CT molecular complexity index is 1400. The number of ether oxygens (including phenoxy) is 1. The Balaban J connectivity index is 1.88. The van der Waals surface area contributed by atoms with Crippen molar-refractivity contribution in [1.82, 2.24) is 9.55 Å². The van der Waals surface area contributed by atoms with Crippen LogP contribution in [0.15, 0.2) is 60.9 Å². The summed E-state index contributed by atoms with van der Waals surface area (Å²) >= 11 is 0. The van der Waals surface area contributed by atoms with Gasteiger partial charge in [-0.15, -0.1) is 0 Å². The molecule has 0 saturated carbocycles. The molecule has 0 spiro atoms. The van der Waals surface area contributed by atoms with Crippen molar-refractivity contribution in [2.24, 2.45) is 0 Å². The fourth-order valence-electron chi connectivity index (χ4n) is 5.74. The molecule has 1 unspecified atom stereocenters. The van der Waals surface area contributed by atoms with E-state index in [0.29, 0.717) is 5.56 Å². The lowest BCUT2D eigenvalue weighted by Crippen LogP contribution is -2.32. The quantitative estimate of drug-likeness (QED) is 0.337. The Morgan fingerprint density at radius 3 is 2.47 bits per heavy atom. The van der Waals surface area contributed by atoms with Crippen LogP contribution in [0, 0.1) is 13.8 Å². The Morgan fingerprint density at radius 1 is 1.00 bits per heavy atom. The second-order valence-electron chi connectivity index (χ2n) is 8.89. The third-order valence-corrected chi connectivity index (χ3v) is 7.28. The topological polar surface area (TPSA) is 47.4 Å². The molecule has 0 N–H and O–H groups in total. The number of aromatic nitrogens is 2. The molecular weight excluding hydrogens is 422 g/mol. The molecule has 4 aromatic rings. The standard InChI is InChI=1S/C29H31N3O2/c1-6-31(7-2)21-13-14-24(19(4)17-21)29(25-15-16-30-18-23(25)28(33)34-29)27-20(5)32(8-3)26-12-10-9-11-22(26)27/h9-18H,6-8H2,1-5H3. The number of pyridine rings is 1. The van der Waals surface area contributed by atoms with Gasteiger partial charge in [0.25, 0.3) is 0 Å². The van der Waals surface area contributed by atoms with Gasteiger partial charge in [-0.05, 0) is 64.4 Å². The smallest absolute Gasteiger partial charge is 0.341 e. The number of para-hydroxylation sites is 1. The zero-order valence-corrected chi connectivity index (χ0v) is 20.6. The van der Waals surface area contributed by atoms with Crippen LogP contribution in [-0.2, 0) is 16.9 Å². The maximum atomic E-state index is 13.3. The van der Waals surface area contributed by atoms with Crippen molar-refractivity contribution in [3.05, 3.63) is 94.4 Å². The number of carbonyl (C=O) groups is 1. The predicted octanol–water partition coefficient (Wildman–Crippen LogP) is 5.98. The fourth-order valence-corrected chi connectivity index (χ4v) is 5.74. The first-order valence-corrected chi connectivity index (χ1v) is 12.1. The lowest BCUT2D eigenvalue weighted by molar-refractivity contribution is 0.0252. The number of hydrogen-bond acceptors (Lipinski definition) is 4. The first-order valence-electron chi connectivity index (χ1n) is 12.1. The van der Waals surface area contributed by atoms with Crippen LogP contribution in [0.4, 0.5) is 5.69 Å². The van der Waals surface area contributed by atoms with Gasteiger partial charge in [0.15, 0.2) is 5.60 Å². The predicted molar refractivity (Wildman–Crippen MR) is 137 cm³/mol. The fraction of sp³-hybridized carbons (Fsp3) is 0.310. The number of hydrogen-bond donors (Lipinski definition) is 0. The number of benzene rings is 2. The molecule has 5 nitrogen and oxygen atoms in total. The average molecular weight is 454 g/mol. The van der Waals surface area contributed by atoms with Crippen LogP contribution in [0.1, 0.15) is 59.1 Å². The van der Waals surface area contributed by atoms with E-state index in [-0.39, 0.29) is 5.97 Å². The van der Waals surface area contributed by atoms with Crippen molar-refractivity contribution in [3.63, 3.8) is 0 Å². The van der Waals surface area contributed by atoms with E-state index < -0.39 is 5.60 Å². The summed E-state index contributed by atoms with van der Waals surface area (Å²) in [5, 5.41) is 1.10. The molecule has 34 heavy (non-hydrogen) atoms. The zero-order chi connectivity index (χ0) is 24.0. The molecular formula is C29H31N3O2. The van der Waals surface area contributed by atoms with Gasteiger partial charge >= 0.3 is 5.97 Å². The minimum atomic E-state index is -1.04. The van der Waals surface area contributed by atoms with Crippen molar-refractivity contribution in [2.45, 2.75) is 46.8 Å². The van der Waals surface area contributed by atoms with Gasteiger partial charge in [-0.25, -0.2) is 4.79 Å². The number of cyclic esters (lactones) is 1. The third-order valence-electron chi connectivity index (χ3n) is 7.28. The highest BCUT2D eigenvalue weighted by Gasteiger charge is 2.51. The molecule has 0 radical (unpaired) electrons. The average Bonchev–Trinajstić information content (AvgIpc) is 3.31. The molecule has 0 amide bonds. The van der Waals surface area contributed by atoms with E-state index in [1.54, 1.807) is 12.4 Å². The van der Waals surface area contributed by atoms with Gasteiger partial charge in [0.1, 0.15) is 0 Å². The molecule has 0 aliphatic carbocycles. The van der Waals surface area contributed by atoms with Crippen LogP contribution in [0.5, 0.6) is 0 Å². The summed E-state index contributed by atoms with van der Waals surface area (Å²) in [5.41, 5.74) is 6.89. The Hall–Kier alpha value is -3.60. The lowest BCUT2D eigenvalue weighted by Gasteiger charge is -2.33. The van der Waals surface area contributed by atoms with Crippen LogP contribution in [0.25, 0.3) is 10.9 Å². The molecule has 0 saturated heterocycles. The van der Waals surface area contributed by atoms with Gasteiger partial charge in [-0.2, -0.15) is 0 Å². The number of esters is 1. The van der Waals surface area contributed by atoms with Crippen molar-refractivity contribution >= 4 is 22.6 Å². The van der Waals surface area contributed by atoms with Crippen LogP contribution >= 0.6 is 0 Å². The summed E-state index contributed by atoms with van der Waals surface area (Å²) in [5.74, 6) is -0.331. The molecule has 5 heteroatoms. The summed E-state index contributed by atoms with van der Waals surface area (Å²) in [6, 6.07) is 16.8. The van der Waals surface area contributed by atoms with Crippen molar-refractivity contribution < 1.29 is 9.53 Å². The zero-order valence-electron chi connectivity index (χ0n) is 20.6. The van der Waals surface area contributed by atoms with Crippen molar-refractivity contribution in [1.29, 1.82) is 0 Å². The second kappa shape index (κ2) is 8.32. The molecule has 3 heterocycles.